The van der Waals surface area contributed by atoms with Gasteiger partial charge in [0.05, 0.1) is 24.9 Å². The van der Waals surface area contributed by atoms with Gasteiger partial charge in [0.25, 0.3) is 0 Å². The molecule has 2 atom stereocenters. The second-order valence-corrected chi connectivity index (χ2v) is 6.90. The quantitative estimate of drug-likeness (QED) is 0.730. The molecule has 1 amide bonds. The zero-order valence-corrected chi connectivity index (χ0v) is 15.2. The molecule has 1 saturated heterocycles. The Balaban J connectivity index is 1.52. The molecule has 0 spiro atoms. The van der Waals surface area contributed by atoms with Crippen LogP contribution in [-0.4, -0.2) is 53.7 Å². The number of hydrogen-bond acceptors (Lipinski definition) is 5. The van der Waals surface area contributed by atoms with Gasteiger partial charge in [-0.25, -0.2) is 14.4 Å². The lowest BCUT2D eigenvalue weighted by molar-refractivity contribution is -0.140. The van der Waals surface area contributed by atoms with Gasteiger partial charge in [0.15, 0.2) is 5.82 Å². The van der Waals surface area contributed by atoms with Crippen molar-refractivity contribution in [3.05, 3.63) is 47.5 Å². The summed E-state index contributed by atoms with van der Waals surface area (Å²) in [7, 11) is 1.60. The van der Waals surface area contributed by atoms with Crippen LogP contribution in [-0.2, 0) is 20.7 Å². The third-order valence-corrected chi connectivity index (χ3v) is 5.24. The van der Waals surface area contributed by atoms with Crippen LogP contribution in [0.2, 0.25) is 0 Å². The van der Waals surface area contributed by atoms with Crippen molar-refractivity contribution in [3.63, 3.8) is 0 Å². The second kappa shape index (κ2) is 7.70. The number of aromatic nitrogens is 2. The molecule has 1 fully saturated rings. The van der Waals surface area contributed by atoms with Crippen LogP contribution in [0.1, 0.15) is 30.1 Å². The third kappa shape index (κ3) is 3.57. The van der Waals surface area contributed by atoms with Crippen LogP contribution < -0.4 is 0 Å². The maximum absolute atomic E-state index is 13.1. The average molecular weight is 371 g/mol. The van der Waals surface area contributed by atoms with Gasteiger partial charge < -0.3 is 14.4 Å². The predicted octanol–water partition coefficient (Wildman–Crippen LogP) is 2.53. The Hall–Kier alpha value is -2.38. The van der Waals surface area contributed by atoms with Gasteiger partial charge >= 0.3 is 0 Å². The number of amides is 1. The molecule has 2 bridgehead atoms. The molecule has 7 heteroatoms. The van der Waals surface area contributed by atoms with Gasteiger partial charge in [-0.2, -0.15) is 0 Å². The molecule has 0 aliphatic carbocycles. The van der Waals surface area contributed by atoms with Gasteiger partial charge in [-0.15, -0.1) is 0 Å². The van der Waals surface area contributed by atoms with E-state index in [-0.39, 0.29) is 30.4 Å². The smallest absolute Gasteiger partial charge is 0.249 e. The number of halogens is 1. The summed E-state index contributed by atoms with van der Waals surface area (Å²) in [6, 6.07) is 6.35. The molecule has 2 aromatic rings. The highest BCUT2D eigenvalue weighted by molar-refractivity contribution is 5.79. The van der Waals surface area contributed by atoms with E-state index in [4.69, 9.17) is 14.5 Å². The minimum Gasteiger partial charge on any atom is -0.382 e. The molecule has 2 unspecified atom stereocenters. The Bertz CT molecular complexity index is 828. The van der Waals surface area contributed by atoms with Gasteiger partial charge in [-0.3, -0.25) is 4.79 Å². The van der Waals surface area contributed by atoms with Crippen molar-refractivity contribution < 1.29 is 18.7 Å². The van der Waals surface area contributed by atoms with E-state index in [0.717, 1.165) is 29.7 Å². The third-order valence-electron chi connectivity index (χ3n) is 5.24. The van der Waals surface area contributed by atoms with Crippen LogP contribution in [0.5, 0.6) is 0 Å². The fraction of sp³-hybridized carbons (Fsp3) is 0.450. The first-order valence-corrected chi connectivity index (χ1v) is 9.17. The minimum absolute atomic E-state index is 0.00636. The highest BCUT2D eigenvalue weighted by Crippen LogP contribution is 2.43. The van der Waals surface area contributed by atoms with Crippen LogP contribution in [0, 0.1) is 5.82 Å². The molecular formula is C20H22FN3O3. The van der Waals surface area contributed by atoms with E-state index in [1.165, 1.54) is 12.1 Å². The molecule has 0 N–H and O–H groups in total. The summed E-state index contributed by atoms with van der Waals surface area (Å²) in [6.07, 6.45) is 4.41. The van der Waals surface area contributed by atoms with Crippen molar-refractivity contribution >= 4 is 5.91 Å². The molecule has 1 aromatic heterocycles. The molecule has 142 valence electrons. The largest absolute Gasteiger partial charge is 0.382 e. The van der Waals surface area contributed by atoms with E-state index in [1.807, 2.05) is 11.1 Å². The maximum Gasteiger partial charge on any atom is 0.249 e. The van der Waals surface area contributed by atoms with E-state index in [1.54, 1.807) is 19.2 Å². The lowest BCUT2D eigenvalue weighted by Crippen LogP contribution is -2.44. The lowest BCUT2D eigenvalue weighted by atomic mass is 9.99. The fourth-order valence-corrected chi connectivity index (χ4v) is 3.97. The molecule has 0 radical (unpaired) electrons. The Morgan fingerprint density at radius 2 is 2.07 bits per heavy atom. The summed E-state index contributed by atoms with van der Waals surface area (Å²) >= 11 is 0. The number of nitrogens with zero attached hydrogens (tertiary/aromatic N) is 3. The zero-order valence-electron chi connectivity index (χ0n) is 15.2. The highest BCUT2D eigenvalue weighted by atomic mass is 19.1. The Labute approximate surface area is 157 Å². The lowest BCUT2D eigenvalue weighted by Gasteiger charge is -2.35. The standard InChI is InChI=1S/C20H22FN3O3/c1-26-8-9-27-12-19(25)24-15-6-7-18(24)16-11-22-20(23-17(16)10-15)13-2-4-14(21)5-3-13/h2-5,11,15,18H,6-10,12H2,1H3. The Kier molecular flexibility index (Phi) is 5.13. The number of carbonyl (C=O) groups is 1. The van der Waals surface area contributed by atoms with E-state index in [0.29, 0.717) is 25.5 Å². The zero-order chi connectivity index (χ0) is 18.8. The predicted molar refractivity (Wildman–Crippen MR) is 96.4 cm³/mol. The SMILES string of the molecule is COCCOCC(=O)N1C2CCC1c1cnc(-c3ccc(F)cc3)nc1C2. The number of methoxy groups -OCH3 is 1. The first-order valence-electron chi connectivity index (χ1n) is 9.17. The van der Waals surface area contributed by atoms with Crippen molar-refractivity contribution in [1.82, 2.24) is 14.9 Å². The molecule has 1 aromatic carbocycles. The van der Waals surface area contributed by atoms with Crippen LogP contribution in [0.25, 0.3) is 11.4 Å². The van der Waals surface area contributed by atoms with Gasteiger partial charge in [0.2, 0.25) is 5.91 Å². The van der Waals surface area contributed by atoms with Crippen LogP contribution >= 0.6 is 0 Å². The number of ether oxygens (including phenoxy) is 2. The Morgan fingerprint density at radius 3 is 2.85 bits per heavy atom. The summed E-state index contributed by atoms with van der Waals surface area (Å²) in [6.45, 7) is 0.954. The number of hydrogen-bond donors (Lipinski definition) is 0. The van der Waals surface area contributed by atoms with Crippen molar-refractivity contribution in [2.24, 2.45) is 0 Å². The Morgan fingerprint density at radius 1 is 1.26 bits per heavy atom. The van der Waals surface area contributed by atoms with E-state index < -0.39 is 0 Å². The van der Waals surface area contributed by atoms with Crippen molar-refractivity contribution in [1.29, 1.82) is 0 Å². The number of benzene rings is 1. The van der Waals surface area contributed by atoms with Crippen LogP contribution in [0.3, 0.4) is 0 Å². The fourth-order valence-electron chi connectivity index (χ4n) is 3.97. The second-order valence-electron chi connectivity index (χ2n) is 6.90. The molecule has 3 heterocycles. The van der Waals surface area contributed by atoms with E-state index in [9.17, 15) is 9.18 Å². The molecule has 4 rings (SSSR count). The van der Waals surface area contributed by atoms with E-state index >= 15 is 0 Å². The molecule has 2 aliphatic rings. The van der Waals surface area contributed by atoms with Crippen LogP contribution in [0.15, 0.2) is 30.5 Å². The summed E-state index contributed by atoms with van der Waals surface area (Å²) < 4.78 is 23.5. The maximum atomic E-state index is 13.1. The first-order chi connectivity index (χ1) is 13.2. The van der Waals surface area contributed by atoms with Crippen LogP contribution in [0.4, 0.5) is 4.39 Å². The minimum atomic E-state index is -0.281. The summed E-state index contributed by atoms with van der Waals surface area (Å²) in [5.74, 6) is 0.319. The molecule has 6 nitrogen and oxygen atoms in total. The molecule has 2 aliphatic heterocycles. The van der Waals surface area contributed by atoms with Crippen molar-refractivity contribution in [2.75, 3.05) is 26.9 Å². The normalized spacial score (nSPS) is 20.6. The van der Waals surface area contributed by atoms with E-state index in [2.05, 4.69) is 4.98 Å². The van der Waals surface area contributed by atoms with Gasteiger partial charge in [-0.05, 0) is 37.1 Å². The molecular weight excluding hydrogens is 349 g/mol. The van der Waals surface area contributed by atoms with Crippen molar-refractivity contribution in [3.8, 4) is 11.4 Å². The average Bonchev–Trinajstić information content (AvgIpc) is 3.00. The van der Waals surface area contributed by atoms with Gasteiger partial charge in [0.1, 0.15) is 12.4 Å². The van der Waals surface area contributed by atoms with Gasteiger partial charge in [0, 0.05) is 36.9 Å². The number of rotatable bonds is 6. The highest BCUT2D eigenvalue weighted by Gasteiger charge is 2.43. The monoisotopic (exact) mass is 371 g/mol. The number of fused-ring (bicyclic) bond motifs is 4. The first kappa shape index (κ1) is 18.0. The topological polar surface area (TPSA) is 64.6 Å². The molecule has 27 heavy (non-hydrogen) atoms. The molecule has 0 saturated carbocycles. The van der Waals surface area contributed by atoms with Crippen molar-refractivity contribution in [2.45, 2.75) is 31.3 Å². The summed E-state index contributed by atoms with van der Waals surface area (Å²) in [4.78, 5) is 23.8. The number of carbonyl (C=O) groups excluding carboxylic acids is 1. The summed E-state index contributed by atoms with van der Waals surface area (Å²) in [5.41, 5.74) is 2.79. The summed E-state index contributed by atoms with van der Waals surface area (Å²) in [5, 5.41) is 0. The van der Waals surface area contributed by atoms with Gasteiger partial charge in [-0.1, -0.05) is 0 Å².